The van der Waals surface area contributed by atoms with E-state index < -0.39 is 0 Å². The number of ketones is 1. The molecule has 0 fully saturated rings. The van der Waals surface area contributed by atoms with Crippen LogP contribution in [-0.4, -0.2) is 5.78 Å². The van der Waals surface area contributed by atoms with Crippen molar-refractivity contribution in [3.8, 4) is 0 Å². The minimum Gasteiger partial charge on any atom is -0.294 e. The smallest absolute Gasteiger partial charge is 0.169 e. The van der Waals surface area contributed by atoms with Gasteiger partial charge in [-0.15, -0.1) is 11.3 Å². The third-order valence-electron chi connectivity index (χ3n) is 1.20. The second-order valence-corrected chi connectivity index (χ2v) is 3.73. The van der Waals surface area contributed by atoms with Crippen LogP contribution >= 0.6 is 22.9 Å². The number of thiophene rings is 1. The predicted molar refractivity (Wildman–Crippen MR) is 44.1 cm³/mol. The van der Waals surface area contributed by atoms with E-state index in [4.69, 9.17) is 11.6 Å². The molecule has 1 nitrogen and oxygen atoms in total. The molecular weight excluding hydrogens is 168 g/mol. The first-order valence-electron chi connectivity index (χ1n) is 2.88. The van der Waals surface area contributed by atoms with Crippen LogP contribution in [0.3, 0.4) is 0 Å². The number of hydrogen-bond donors (Lipinski definition) is 0. The summed E-state index contributed by atoms with van der Waals surface area (Å²) in [4.78, 5) is 12.5. The Morgan fingerprint density at radius 1 is 1.70 bits per heavy atom. The van der Waals surface area contributed by atoms with E-state index in [1.807, 2.05) is 6.92 Å². The first-order valence-corrected chi connectivity index (χ1v) is 4.07. The minimum absolute atomic E-state index is 0.0833. The fourth-order valence-corrected chi connectivity index (χ4v) is 1.73. The van der Waals surface area contributed by atoms with Gasteiger partial charge in [0.05, 0.1) is 9.90 Å². The molecule has 1 aromatic heterocycles. The maximum Gasteiger partial charge on any atom is 0.169 e. The highest BCUT2D eigenvalue weighted by Gasteiger charge is 2.05. The predicted octanol–water partition coefficient (Wildman–Crippen LogP) is 2.91. The van der Waals surface area contributed by atoms with Gasteiger partial charge in [0.2, 0.25) is 0 Å². The molecule has 0 N–H and O–H groups in total. The summed E-state index contributed by atoms with van der Waals surface area (Å²) in [6.45, 7) is 3.45. The molecule has 0 atom stereocenters. The SMILES string of the molecule is CC(=O)c1cc(Cl)c(C)s1. The minimum atomic E-state index is 0.0833. The van der Waals surface area contributed by atoms with E-state index in [1.54, 1.807) is 13.0 Å². The maximum atomic E-state index is 10.8. The second-order valence-electron chi connectivity index (χ2n) is 2.07. The van der Waals surface area contributed by atoms with Gasteiger partial charge in [0.15, 0.2) is 5.78 Å². The molecule has 0 saturated carbocycles. The zero-order valence-electron chi connectivity index (χ0n) is 5.77. The van der Waals surface area contributed by atoms with Crippen molar-refractivity contribution in [3.63, 3.8) is 0 Å². The van der Waals surface area contributed by atoms with E-state index in [0.717, 1.165) is 9.75 Å². The van der Waals surface area contributed by atoms with Gasteiger partial charge < -0.3 is 0 Å². The molecule has 0 saturated heterocycles. The zero-order chi connectivity index (χ0) is 7.72. The van der Waals surface area contributed by atoms with E-state index in [-0.39, 0.29) is 5.78 Å². The molecule has 0 aromatic carbocycles. The molecule has 10 heavy (non-hydrogen) atoms. The Hall–Kier alpha value is -0.340. The number of aryl methyl sites for hydroxylation is 1. The molecule has 1 rings (SSSR count). The largest absolute Gasteiger partial charge is 0.294 e. The number of halogens is 1. The van der Waals surface area contributed by atoms with Crippen molar-refractivity contribution >= 4 is 28.7 Å². The lowest BCUT2D eigenvalue weighted by atomic mass is 10.3. The summed E-state index contributed by atoms with van der Waals surface area (Å²) in [5.74, 6) is 0.0833. The molecule has 0 amide bonds. The number of Topliss-reactive ketones (excluding diaryl/α,β-unsaturated/α-hetero) is 1. The van der Waals surface area contributed by atoms with Crippen molar-refractivity contribution in [2.45, 2.75) is 13.8 Å². The lowest BCUT2D eigenvalue weighted by Gasteiger charge is -1.80. The van der Waals surface area contributed by atoms with Gasteiger partial charge in [-0.3, -0.25) is 4.79 Å². The molecule has 54 valence electrons. The Morgan fingerprint density at radius 3 is 2.50 bits per heavy atom. The molecule has 0 unspecified atom stereocenters. The van der Waals surface area contributed by atoms with Crippen LogP contribution in [0.2, 0.25) is 5.02 Å². The molecule has 3 heteroatoms. The summed E-state index contributed by atoms with van der Waals surface area (Å²) in [5.41, 5.74) is 0. The van der Waals surface area contributed by atoms with E-state index in [1.165, 1.54) is 11.3 Å². The molecule has 0 aliphatic carbocycles. The molecule has 0 aliphatic rings. The van der Waals surface area contributed by atoms with E-state index in [0.29, 0.717) is 5.02 Å². The summed E-state index contributed by atoms with van der Waals surface area (Å²) >= 11 is 7.17. The Labute approximate surface area is 68.6 Å². The van der Waals surface area contributed by atoms with Gasteiger partial charge in [-0.1, -0.05) is 11.6 Å². The molecule has 0 bridgehead atoms. The first-order chi connectivity index (χ1) is 4.61. The van der Waals surface area contributed by atoms with Crippen LogP contribution in [-0.2, 0) is 0 Å². The number of carbonyl (C=O) groups excluding carboxylic acids is 1. The molecule has 0 aliphatic heterocycles. The summed E-state index contributed by atoms with van der Waals surface area (Å²) < 4.78 is 0. The van der Waals surface area contributed by atoms with Gasteiger partial charge in [-0.2, -0.15) is 0 Å². The van der Waals surface area contributed by atoms with Crippen LogP contribution in [0.5, 0.6) is 0 Å². The van der Waals surface area contributed by atoms with Gasteiger partial charge in [0, 0.05) is 4.88 Å². The summed E-state index contributed by atoms with van der Waals surface area (Å²) in [6, 6.07) is 1.71. The molecule has 1 aromatic rings. The number of carbonyl (C=O) groups is 1. The standard InChI is InChI=1S/C7H7ClOS/c1-4(9)7-3-6(8)5(2)10-7/h3H,1-2H3. The van der Waals surface area contributed by atoms with Crippen molar-refractivity contribution in [1.82, 2.24) is 0 Å². The normalized spacial score (nSPS) is 9.90. The molecule has 0 radical (unpaired) electrons. The fourth-order valence-electron chi connectivity index (χ4n) is 0.633. The Bertz CT molecular complexity index is 245. The number of hydrogen-bond acceptors (Lipinski definition) is 2. The molecular formula is C7H7ClOS. The van der Waals surface area contributed by atoms with Gasteiger partial charge in [-0.05, 0) is 19.9 Å². The van der Waals surface area contributed by atoms with Crippen LogP contribution in [0, 0.1) is 6.92 Å². The maximum absolute atomic E-state index is 10.8. The lowest BCUT2D eigenvalue weighted by molar-refractivity contribution is 0.102. The third kappa shape index (κ3) is 1.39. The lowest BCUT2D eigenvalue weighted by Crippen LogP contribution is -1.83. The zero-order valence-corrected chi connectivity index (χ0v) is 7.34. The van der Waals surface area contributed by atoms with Crippen molar-refractivity contribution < 1.29 is 4.79 Å². The van der Waals surface area contributed by atoms with Gasteiger partial charge in [0.1, 0.15) is 0 Å². The average Bonchev–Trinajstić information content (AvgIpc) is 2.13. The van der Waals surface area contributed by atoms with Crippen LogP contribution in [0.1, 0.15) is 21.5 Å². The van der Waals surface area contributed by atoms with E-state index in [2.05, 4.69) is 0 Å². The topological polar surface area (TPSA) is 17.1 Å². The summed E-state index contributed by atoms with van der Waals surface area (Å²) in [7, 11) is 0. The highest BCUT2D eigenvalue weighted by atomic mass is 35.5. The fraction of sp³-hybridized carbons (Fsp3) is 0.286. The Balaban J connectivity index is 3.10. The van der Waals surface area contributed by atoms with E-state index >= 15 is 0 Å². The molecule has 0 spiro atoms. The quantitative estimate of drug-likeness (QED) is 0.599. The summed E-state index contributed by atoms with van der Waals surface area (Å²) in [6.07, 6.45) is 0. The van der Waals surface area contributed by atoms with Crippen molar-refractivity contribution in [2.24, 2.45) is 0 Å². The van der Waals surface area contributed by atoms with Crippen molar-refractivity contribution in [3.05, 3.63) is 20.8 Å². The summed E-state index contributed by atoms with van der Waals surface area (Å²) in [5, 5.41) is 0.690. The van der Waals surface area contributed by atoms with Crippen molar-refractivity contribution in [2.75, 3.05) is 0 Å². The third-order valence-corrected chi connectivity index (χ3v) is 2.86. The molecule has 1 heterocycles. The average molecular weight is 175 g/mol. The first kappa shape index (κ1) is 7.76. The van der Waals surface area contributed by atoms with Gasteiger partial charge in [0.25, 0.3) is 0 Å². The van der Waals surface area contributed by atoms with Crippen LogP contribution in [0.4, 0.5) is 0 Å². The highest BCUT2D eigenvalue weighted by molar-refractivity contribution is 7.14. The Morgan fingerprint density at radius 2 is 2.30 bits per heavy atom. The van der Waals surface area contributed by atoms with Crippen LogP contribution < -0.4 is 0 Å². The second kappa shape index (κ2) is 2.72. The van der Waals surface area contributed by atoms with Gasteiger partial charge >= 0.3 is 0 Å². The van der Waals surface area contributed by atoms with E-state index in [9.17, 15) is 4.79 Å². The van der Waals surface area contributed by atoms with Crippen LogP contribution in [0.15, 0.2) is 6.07 Å². The monoisotopic (exact) mass is 174 g/mol. The van der Waals surface area contributed by atoms with Crippen LogP contribution in [0.25, 0.3) is 0 Å². The highest BCUT2D eigenvalue weighted by Crippen LogP contribution is 2.25. The Kier molecular flexibility index (Phi) is 2.11. The number of rotatable bonds is 1. The van der Waals surface area contributed by atoms with Crippen molar-refractivity contribution in [1.29, 1.82) is 0 Å². The van der Waals surface area contributed by atoms with Gasteiger partial charge in [-0.25, -0.2) is 0 Å².